The van der Waals surface area contributed by atoms with Crippen LogP contribution in [0.1, 0.15) is 32.1 Å². The molecule has 17 heavy (non-hydrogen) atoms. The number of carbonyl (C=O) groups excluding carboxylic acids is 1. The standard InChI is InChI=1S/C13H23NO3/c1-16-13(15)12-10-14(7-8-17-12)9-11-5-3-2-4-6-11/h11-12H,2-10H2,1H3. The summed E-state index contributed by atoms with van der Waals surface area (Å²) < 4.78 is 10.2. The fourth-order valence-corrected chi connectivity index (χ4v) is 2.88. The molecule has 0 radical (unpaired) electrons. The number of rotatable bonds is 3. The van der Waals surface area contributed by atoms with E-state index >= 15 is 0 Å². The molecule has 4 heteroatoms. The maximum Gasteiger partial charge on any atom is 0.336 e. The van der Waals surface area contributed by atoms with E-state index in [9.17, 15) is 4.79 Å². The van der Waals surface area contributed by atoms with Crippen LogP contribution in [0.2, 0.25) is 0 Å². The van der Waals surface area contributed by atoms with E-state index in [1.54, 1.807) is 0 Å². The third-order valence-electron chi connectivity index (χ3n) is 3.86. The Morgan fingerprint density at radius 3 is 2.82 bits per heavy atom. The lowest BCUT2D eigenvalue weighted by Gasteiger charge is -2.34. The average Bonchev–Trinajstić information content (AvgIpc) is 2.39. The first-order chi connectivity index (χ1) is 8.29. The Bertz CT molecular complexity index is 251. The lowest BCUT2D eigenvalue weighted by Crippen LogP contribution is -2.48. The highest BCUT2D eigenvalue weighted by Gasteiger charge is 2.28. The summed E-state index contributed by atoms with van der Waals surface area (Å²) in [5.74, 6) is 0.582. The fraction of sp³-hybridized carbons (Fsp3) is 0.923. The van der Waals surface area contributed by atoms with Gasteiger partial charge >= 0.3 is 5.97 Å². The van der Waals surface area contributed by atoms with Crippen molar-refractivity contribution in [3.8, 4) is 0 Å². The zero-order valence-electron chi connectivity index (χ0n) is 10.7. The van der Waals surface area contributed by atoms with E-state index in [2.05, 4.69) is 4.90 Å². The third kappa shape index (κ3) is 3.68. The van der Waals surface area contributed by atoms with Gasteiger partial charge in [-0.2, -0.15) is 0 Å². The number of ether oxygens (including phenoxy) is 2. The molecule has 1 saturated carbocycles. The summed E-state index contributed by atoms with van der Waals surface area (Å²) in [6.45, 7) is 3.41. The normalized spacial score (nSPS) is 27.9. The molecule has 0 aromatic heterocycles. The molecule has 2 rings (SSSR count). The van der Waals surface area contributed by atoms with Crippen molar-refractivity contribution < 1.29 is 14.3 Å². The van der Waals surface area contributed by atoms with E-state index in [0.29, 0.717) is 13.2 Å². The summed E-state index contributed by atoms with van der Waals surface area (Å²) in [4.78, 5) is 13.8. The topological polar surface area (TPSA) is 38.8 Å². The Labute approximate surface area is 103 Å². The largest absolute Gasteiger partial charge is 0.467 e. The number of methoxy groups -OCH3 is 1. The molecule has 1 unspecified atom stereocenters. The van der Waals surface area contributed by atoms with E-state index in [1.807, 2.05) is 0 Å². The molecule has 98 valence electrons. The molecular weight excluding hydrogens is 218 g/mol. The van der Waals surface area contributed by atoms with Crippen molar-refractivity contribution in [2.45, 2.75) is 38.2 Å². The molecule has 2 aliphatic rings. The molecule has 1 saturated heterocycles. The molecular formula is C13H23NO3. The van der Waals surface area contributed by atoms with Gasteiger partial charge in [-0.05, 0) is 18.8 Å². The van der Waals surface area contributed by atoms with Gasteiger partial charge in [0.15, 0.2) is 6.10 Å². The average molecular weight is 241 g/mol. The van der Waals surface area contributed by atoms with Crippen LogP contribution in [0.25, 0.3) is 0 Å². The van der Waals surface area contributed by atoms with Crippen LogP contribution in [0.3, 0.4) is 0 Å². The van der Waals surface area contributed by atoms with E-state index in [4.69, 9.17) is 9.47 Å². The van der Waals surface area contributed by atoms with Gasteiger partial charge in [-0.1, -0.05) is 19.3 Å². The van der Waals surface area contributed by atoms with Gasteiger partial charge in [-0.25, -0.2) is 4.79 Å². The number of carbonyl (C=O) groups is 1. The number of morpholine rings is 1. The molecule has 0 bridgehead atoms. The van der Waals surface area contributed by atoms with Gasteiger partial charge < -0.3 is 9.47 Å². The van der Waals surface area contributed by atoms with Crippen LogP contribution in [0.5, 0.6) is 0 Å². The van der Waals surface area contributed by atoms with Crippen LogP contribution in [0.4, 0.5) is 0 Å². The van der Waals surface area contributed by atoms with Crippen LogP contribution in [-0.4, -0.2) is 50.3 Å². The third-order valence-corrected chi connectivity index (χ3v) is 3.86. The first kappa shape index (κ1) is 12.8. The summed E-state index contributed by atoms with van der Waals surface area (Å²) in [5, 5.41) is 0. The van der Waals surface area contributed by atoms with Gasteiger partial charge in [-0.3, -0.25) is 4.90 Å². The van der Waals surface area contributed by atoms with Gasteiger partial charge in [-0.15, -0.1) is 0 Å². The molecule has 0 aromatic rings. The van der Waals surface area contributed by atoms with E-state index in [0.717, 1.165) is 19.0 Å². The molecule has 0 N–H and O–H groups in total. The van der Waals surface area contributed by atoms with Crippen molar-refractivity contribution in [3.05, 3.63) is 0 Å². The molecule has 0 amide bonds. The summed E-state index contributed by atoms with van der Waals surface area (Å²) in [5.41, 5.74) is 0. The van der Waals surface area contributed by atoms with Crippen molar-refractivity contribution in [1.29, 1.82) is 0 Å². The molecule has 0 aromatic carbocycles. The van der Waals surface area contributed by atoms with Crippen LogP contribution >= 0.6 is 0 Å². The van der Waals surface area contributed by atoms with Gasteiger partial charge in [0.2, 0.25) is 0 Å². The SMILES string of the molecule is COC(=O)C1CN(CC2CCCCC2)CCO1. The molecule has 1 heterocycles. The summed E-state index contributed by atoms with van der Waals surface area (Å²) in [6, 6.07) is 0. The molecule has 1 aliphatic heterocycles. The number of nitrogens with zero attached hydrogens (tertiary/aromatic N) is 1. The Morgan fingerprint density at radius 2 is 2.12 bits per heavy atom. The van der Waals surface area contributed by atoms with Crippen molar-refractivity contribution in [2.75, 3.05) is 33.4 Å². The summed E-state index contributed by atoms with van der Waals surface area (Å²) in [6.07, 6.45) is 6.45. The second kappa shape index (κ2) is 6.36. The molecule has 1 atom stereocenters. The Hall–Kier alpha value is -0.610. The zero-order valence-corrected chi connectivity index (χ0v) is 10.7. The van der Waals surface area contributed by atoms with Crippen LogP contribution in [0, 0.1) is 5.92 Å². The van der Waals surface area contributed by atoms with E-state index in [-0.39, 0.29) is 12.1 Å². The first-order valence-electron chi connectivity index (χ1n) is 6.71. The molecule has 0 spiro atoms. The summed E-state index contributed by atoms with van der Waals surface area (Å²) in [7, 11) is 1.42. The maximum atomic E-state index is 11.4. The quantitative estimate of drug-likeness (QED) is 0.701. The van der Waals surface area contributed by atoms with E-state index in [1.165, 1.54) is 39.2 Å². The van der Waals surface area contributed by atoms with Gasteiger partial charge in [0.25, 0.3) is 0 Å². The predicted molar refractivity (Wildman–Crippen MR) is 64.8 cm³/mol. The number of esters is 1. The number of hydrogen-bond acceptors (Lipinski definition) is 4. The van der Waals surface area contributed by atoms with Crippen molar-refractivity contribution in [1.82, 2.24) is 4.90 Å². The predicted octanol–water partition coefficient (Wildman–Crippen LogP) is 1.44. The van der Waals surface area contributed by atoms with Crippen molar-refractivity contribution in [3.63, 3.8) is 0 Å². The van der Waals surface area contributed by atoms with Gasteiger partial charge in [0.1, 0.15) is 0 Å². The van der Waals surface area contributed by atoms with Gasteiger partial charge in [0, 0.05) is 19.6 Å². The summed E-state index contributed by atoms with van der Waals surface area (Å²) >= 11 is 0. The maximum absolute atomic E-state index is 11.4. The smallest absolute Gasteiger partial charge is 0.336 e. The van der Waals surface area contributed by atoms with Gasteiger partial charge in [0.05, 0.1) is 13.7 Å². The Balaban J connectivity index is 1.78. The van der Waals surface area contributed by atoms with Crippen LogP contribution < -0.4 is 0 Å². The lowest BCUT2D eigenvalue weighted by atomic mass is 9.89. The fourth-order valence-electron chi connectivity index (χ4n) is 2.88. The van der Waals surface area contributed by atoms with Crippen LogP contribution in [0.15, 0.2) is 0 Å². The minimum Gasteiger partial charge on any atom is -0.467 e. The monoisotopic (exact) mass is 241 g/mol. The second-order valence-corrected chi connectivity index (χ2v) is 5.15. The second-order valence-electron chi connectivity index (χ2n) is 5.15. The van der Waals surface area contributed by atoms with E-state index < -0.39 is 0 Å². The highest BCUT2D eigenvalue weighted by atomic mass is 16.6. The lowest BCUT2D eigenvalue weighted by molar-refractivity contribution is -0.160. The number of hydrogen-bond donors (Lipinski definition) is 0. The minimum atomic E-state index is -0.377. The minimum absolute atomic E-state index is 0.238. The Morgan fingerprint density at radius 1 is 1.35 bits per heavy atom. The molecule has 2 fully saturated rings. The highest BCUT2D eigenvalue weighted by molar-refractivity contribution is 5.74. The Kier molecular flexibility index (Phi) is 4.80. The molecule has 1 aliphatic carbocycles. The first-order valence-corrected chi connectivity index (χ1v) is 6.71. The van der Waals surface area contributed by atoms with Crippen LogP contribution in [-0.2, 0) is 14.3 Å². The zero-order chi connectivity index (χ0) is 12.1. The molecule has 4 nitrogen and oxygen atoms in total. The van der Waals surface area contributed by atoms with Crippen molar-refractivity contribution >= 4 is 5.97 Å². The van der Waals surface area contributed by atoms with Crippen molar-refractivity contribution in [2.24, 2.45) is 5.92 Å². The highest BCUT2D eigenvalue weighted by Crippen LogP contribution is 2.25.